The fraction of sp³-hybridized carbons (Fsp3) is 0.647. The summed E-state index contributed by atoms with van der Waals surface area (Å²) in [6, 6.07) is 13.1. The Morgan fingerprint density at radius 2 is 0.976 bits per heavy atom. The van der Waals surface area contributed by atoms with Crippen LogP contribution in [0.4, 0.5) is 0 Å². The predicted molar refractivity (Wildman–Crippen MR) is 173 cm³/mol. The van der Waals surface area contributed by atoms with Crippen LogP contribution in [0.2, 0.25) is 0 Å². The van der Waals surface area contributed by atoms with Crippen molar-refractivity contribution in [2.24, 2.45) is 0 Å². The van der Waals surface area contributed by atoms with E-state index in [4.69, 9.17) is 10.7 Å². The molecule has 0 bridgehead atoms. The van der Waals surface area contributed by atoms with Crippen LogP contribution in [-0.4, -0.2) is 94.7 Å². The van der Waals surface area contributed by atoms with Gasteiger partial charge in [-0.2, -0.15) is 0 Å². The van der Waals surface area contributed by atoms with E-state index in [1.54, 1.807) is 0 Å². The van der Waals surface area contributed by atoms with Gasteiger partial charge in [0.15, 0.2) is 0 Å². The van der Waals surface area contributed by atoms with E-state index in [0.29, 0.717) is 6.61 Å². The standard InChI is InChI=1S/2C16H28N2O.C2H5O.Zn/c2*1-16(2,3)14-9-7-8-13(15(14)19)12-18(6)11-10-17(4)5;1-2-3;/h2*7-9,19H,10-12H2,1-6H3;2H2,1H3;/q;;-1;+3/p-2. The Morgan fingerprint density at radius 3 is 1.29 bits per heavy atom. The molecule has 8 heteroatoms. The molecule has 2 aromatic carbocycles. The molecule has 0 aromatic heterocycles. The van der Waals surface area contributed by atoms with Crippen LogP contribution in [0.25, 0.3) is 0 Å². The third-order valence-electron chi connectivity index (χ3n) is 7.44. The van der Waals surface area contributed by atoms with Crippen molar-refractivity contribution in [1.29, 1.82) is 0 Å². The zero-order valence-electron chi connectivity index (χ0n) is 29.1. The Balaban J connectivity index is 2.51. The number of para-hydroxylation sites is 2. The van der Waals surface area contributed by atoms with Gasteiger partial charge in [0.2, 0.25) is 0 Å². The molecule has 0 saturated heterocycles. The quantitative estimate of drug-likeness (QED) is 0.206. The minimum atomic E-state index is -3.53. The van der Waals surface area contributed by atoms with Crippen molar-refractivity contribution in [3.63, 3.8) is 0 Å². The first kappa shape index (κ1) is 36.7. The van der Waals surface area contributed by atoms with Crippen molar-refractivity contribution in [2.45, 2.75) is 72.4 Å². The molecule has 235 valence electrons. The monoisotopic (exact) mass is 635 g/mol. The van der Waals surface area contributed by atoms with Crippen LogP contribution in [0.5, 0.6) is 11.5 Å². The molecule has 2 aromatic rings. The van der Waals surface area contributed by atoms with Crippen molar-refractivity contribution in [2.75, 3.05) is 75.1 Å². The number of nitrogens with zero attached hydrogens (tertiary/aromatic N) is 4. The van der Waals surface area contributed by atoms with Crippen LogP contribution in [0.15, 0.2) is 36.4 Å². The number of hydrogen-bond acceptors (Lipinski definition) is 7. The van der Waals surface area contributed by atoms with Crippen molar-refractivity contribution in [3.8, 4) is 11.5 Å². The van der Waals surface area contributed by atoms with Crippen molar-refractivity contribution in [3.05, 3.63) is 58.7 Å². The van der Waals surface area contributed by atoms with Crippen LogP contribution in [0.1, 0.15) is 70.7 Å². The number of rotatable bonds is 16. The molecule has 0 saturated carbocycles. The fourth-order valence-electron chi connectivity index (χ4n) is 4.94. The van der Waals surface area contributed by atoms with Gasteiger partial charge in [-0.15, -0.1) is 0 Å². The summed E-state index contributed by atoms with van der Waals surface area (Å²) in [6.45, 7) is 21.6. The molecule has 0 N–H and O–H groups in total. The van der Waals surface area contributed by atoms with Crippen LogP contribution < -0.4 is 7.13 Å². The predicted octanol–water partition coefficient (Wildman–Crippen LogP) is 6.13. The van der Waals surface area contributed by atoms with Gasteiger partial charge in [0, 0.05) is 0 Å². The summed E-state index contributed by atoms with van der Waals surface area (Å²) in [7, 11) is 12.8. The van der Waals surface area contributed by atoms with E-state index in [2.05, 4.69) is 140 Å². The average molecular weight is 637 g/mol. The van der Waals surface area contributed by atoms with Crippen LogP contribution >= 0.6 is 0 Å². The van der Waals surface area contributed by atoms with Gasteiger partial charge in [-0.1, -0.05) is 0 Å². The molecule has 0 radical (unpaired) electrons. The van der Waals surface area contributed by atoms with E-state index in [1.165, 1.54) is 22.3 Å². The summed E-state index contributed by atoms with van der Waals surface area (Å²) in [4.78, 5) is 9.15. The molecule has 0 heterocycles. The first-order valence-corrected chi connectivity index (χ1v) is 19.2. The Labute approximate surface area is 264 Å². The number of likely N-dealkylation sites (N-methyl/N-ethyl adjacent to an activating group) is 4. The molecule has 0 aliphatic heterocycles. The minimum absolute atomic E-state index is 0.0838. The van der Waals surface area contributed by atoms with Gasteiger partial charge in [0.05, 0.1) is 0 Å². The van der Waals surface area contributed by atoms with Gasteiger partial charge >= 0.3 is 265 Å². The van der Waals surface area contributed by atoms with Gasteiger partial charge in [-0.05, 0) is 0 Å². The second kappa shape index (κ2) is 16.5. The van der Waals surface area contributed by atoms with Crippen molar-refractivity contribution in [1.82, 2.24) is 19.6 Å². The molecule has 2 rings (SSSR count). The van der Waals surface area contributed by atoms with Gasteiger partial charge in [0.25, 0.3) is 0 Å². The summed E-state index contributed by atoms with van der Waals surface area (Å²) in [5, 5.41) is 0. The third-order valence-corrected chi connectivity index (χ3v) is 11.2. The maximum absolute atomic E-state index is 6.99. The molecule has 0 fully saturated rings. The number of benzene rings is 2. The first-order valence-electron chi connectivity index (χ1n) is 15.5. The second-order valence-electron chi connectivity index (χ2n) is 14.3. The van der Waals surface area contributed by atoms with E-state index in [-0.39, 0.29) is 10.8 Å². The average Bonchev–Trinajstić information content (AvgIpc) is 2.87. The van der Waals surface area contributed by atoms with Crippen molar-refractivity contribution >= 4 is 0 Å². The first-order chi connectivity index (χ1) is 19.5. The summed E-state index contributed by atoms with van der Waals surface area (Å²) >= 11 is -3.53. The summed E-state index contributed by atoms with van der Waals surface area (Å²) in [5.74, 6) is 1.88. The number of hydrogen-bond donors (Lipinski definition) is 0. The third kappa shape index (κ3) is 11.9. The molecular weight excluding hydrogens is 578 g/mol. The molecule has 0 aliphatic carbocycles. The van der Waals surface area contributed by atoms with Gasteiger partial charge < -0.3 is 0 Å². The van der Waals surface area contributed by atoms with E-state index < -0.39 is 17.0 Å². The molecule has 42 heavy (non-hydrogen) atoms. The van der Waals surface area contributed by atoms with E-state index >= 15 is 0 Å². The van der Waals surface area contributed by atoms with E-state index in [1.807, 2.05) is 6.92 Å². The molecule has 0 spiro atoms. The van der Waals surface area contributed by atoms with Crippen molar-refractivity contribution < 1.29 is 27.7 Å². The fourth-order valence-corrected chi connectivity index (χ4v) is 8.53. The maximum atomic E-state index is 6.99. The Morgan fingerprint density at radius 1 is 0.595 bits per heavy atom. The molecule has 7 nitrogen and oxygen atoms in total. The topological polar surface area (TPSA) is 40.7 Å². The van der Waals surface area contributed by atoms with Crippen LogP contribution in [0, 0.1) is 0 Å². The molecule has 0 atom stereocenters. The Bertz CT molecular complexity index is 1010. The SMILES string of the molecule is CC[O][Zn]([O]c1c(CN(C)CCN(C)C)cccc1C(C)(C)C)[O]c1c(CN(C)CCN(C)C)cccc1C(C)(C)C. The van der Waals surface area contributed by atoms with Gasteiger partial charge in [0.1, 0.15) is 0 Å². The molecular formula is C34H59N4O3Zn. The summed E-state index contributed by atoms with van der Waals surface area (Å²) < 4.78 is 20.4. The van der Waals surface area contributed by atoms with Gasteiger partial charge in [-0.3, -0.25) is 0 Å². The summed E-state index contributed by atoms with van der Waals surface area (Å²) in [6.07, 6.45) is 0. The van der Waals surface area contributed by atoms with Crippen LogP contribution in [-0.2, 0) is 44.5 Å². The van der Waals surface area contributed by atoms with Gasteiger partial charge in [-0.25, -0.2) is 0 Å². The normalized spacial score (nSPS) is 12.6. The molecule has 0 amide bonds. The second-order valence-corrected chi connectivity index (χ2v) is 17.9. The Kier molecular flexibility index (Phi) is 14.4. The Hall–Kier alpha value is -1.54. The molecule has 0 aliphatic rings. The van der Waals surface area contributed by atoms with Crippen LogP contribution in [0.3, 0.4) is 0 Å². The zero-order valence-corrected chi connectivity index (χ0v) is 32.1. The van der Waals surface area contributed by atoms with E-state index in [0.717, 1.165) is 50.8 Å². The molecule has 0 unspecified atom stereocenters. The van der Waals surface area contributed by atoms with E-state index in [9.17, 15) is 0 Å². The zero-order chi connectivity index (χ0) is 31.7. The summed E-state index contributed by atoms with van der Waals surface area (Å²) in [5.41, 5.74) is 4.58.